The lowest BCUT2D eigenvalue weighted by Crippen LogP contribution is -2.10. The summed E-state index contributed by atoms with van der Waals surface area (Å²) in [5.74, 6) is 0. The van der Waals surface area contributed by atoms with E-state index in [1.54, 1.807) is 0 Å². The second kappa shape index (κ2) is 7.88. The summed E-state index contributed by atoms with van der Waals surface area (Å²) in [6, 6.07) is 43.2. The third kappa shape index (κ3) is 3.58. The lowest BCUT2D eigenvalue weighted by molar-refractivity contribution is 1.28. The first-order valence-corrected chi connectivity index (χ1v) is 10.3. The van der Waals surface area contributed by atoms with Crippen molar-refractivity contribution in [3.05, 3.63) is 127 Å². The highest BCUT2D eigenvalue weighted by Gasteiger charge is 2.13. The van der Waals surface area contributed by atoms with Crippen LogP contribution >= 0.6 is 0 Å². The number of hydrogen-bond donors (Lipinski definition) is 0. The van der Waals surface area contributed by atoms with Gasteiger partial charge in [0.1, 0.15) is 0 Å². The summed E-state index contributed by atoms with van der Waals surface area (Å²) in [5, 5.41) is 2.49. The highest BCUT2D eigenvalue weighted by Crippen LogP contribution is 2.37. The van der Waals surface area contributed by atoms with Crippen LogP contribution in [0.4, 0.5) is 17.1 Å². The summed E-state index contributed by atoms with van der Waals surface area (Å²) in [4.78, 5) is 2.33. The lowest BCUT2D eigenvalue weighted by atomic mass is 10.0. The molecule has 1 heteroatoms. The van der Waals surface area contributed by atoms with Gasteiger partial charge in [-0.1, -0.05) is 90.5 Å². The molecule has 1 nitrogen and oxygen atoms in total. The van der Waals surface area contributed by atoms with Crippen molar-refractivity contribution in [1.82, 2.24) is 0 Å². The normalized spacial score (nSPS) is 10.8. The highest BCUT2D eigenvalue weighted by molar-refractivity contribution is 5.89. The molecule has 0 aliphatic carbocycles. The van der Waals surface area contributed by atoms with E-state index >= 15 is 0 Å². The van der Waals surface area contributed by atoms with Crippen LogP contribution in [0, 0.1) is 6.92 Å². The van der Waals surface area contributed by atoms with Crippen molar-refractivity contribution in [3.8, 4) is 11.1 Å². The molecule has 30 heavy (non-hydrogen) atoms. The van der Waals surface area contributed by atoms with E-state index < -0.39 is 0 Å². The summed E-state index contributed by atoms with van der Waals surface area (Å²) in [7, 11) is 0. The van der Waals surface area contributed by atoms with E-state index in [1.807, 2.05) is 0 Å². The smallest absolute Gasteiger partial charge is 0.0468 e. The third-order valence-corrected chi connectivity index (χ3v) is 5.49. The van der Waals surface area contributed by atoms with Crippen molar-refractivity contribution in [1.29, 1.82) is 0 Å². The minimum atomic E-state index is 1.15. The molecule has 0 fully saturated rings. The molecule has 0 aliphatic heterocycles. The monoisotopic (exact) mass is 385 g/mol. The van der Waals surface area contributed by atoms with Gasteiger partial charge in [-0.05, 0) is 65.2 Å². The Morgan fingerprint density at radius 1 is 0.433 bits per heavy atom. The molecule has 0 atom stereocenters. The van der Waals surface area contributed by atoms with E-state index in [2.05, 4.69) is 133 Å². The molecular formula is C29H23N. The van der Waals surface area contributed by atoms with E-state index in [0.29, 0.717) is 0 Å². The number of aryl methyl sites for hydroxylation is 1. The van der Waals surface area contributed by atoms with Crippen molar-refractivity contribution in [2.75, 3.05) is 4.90 Å². The maximum Gasteiger partial charge on any atom is 0.0468 e. The maximum atomic E-state index is 2.33. The van der Waals surface area contributed by atoms with Crippen LogP contribution in [0.5, 0.6) is 0 Å². The molecule has 5 aromatic rings. The van der Waals surface area contributed by atoms with Crippen LogP contribution in [0.2, 0.25) is 0 Å². The summed E-state index contributed by atoms with van der Waals surface area (Å²) >= 11 is 0. The van der Waals surface area contributed by atoms with E-state index in [-0.39, 0.29) is 0 Å². The van der Waals surface area contributed by atoms with Crippen molar-refractivity contribution >= 4 is 27.8 Å². The maximum absolute atomic E-state index is 2.33. The Morgan fingerprint density at radius 3 is 1.87 bits per heavy atom. The second-order valence-electron chi connectivity index (χ2n) is 7.62. The fourth-order valence-corrected chi connectivity index (χ4v) is 3.91. The predicted molar refractivity (Wildman–Crippen MR) is 129 cm³/mol. The molecule has 0 heterocycles. The average molecular weight is 386 g/mol. The Bertz CT molecular complexity index is 1290. The summed E-state index contributed by atoms with van der Waals surface area (Å²) in [5.41, 5.74) is 7.15. The fourth-order valence-electron chi connectivity index (χ4n) is 3.91. The number of benzene rings is 5. The van der Waals surface area contributed by atoms with Crippen molar-refractivity contribution in [2.24, 2.45) is 0 Å². The molecule has 0 saturated carbocycles. The topological polar surface area (TPSA) is 3.24 Å². The molecular weight excluding hydrogens is 362 g/mol. The van der Waals surface area contributed by atoms with Crippen LogP contribution in [0.15, 0.2) is 121 Å². The number of nitrogens with zero attached hydrogens (tertiary/aromatic N) is 1. The van der Waals surface area contributed by atoms with Crippen LogP contribution in [-0.2, 0) is 0 Å². The molecule has 5 rings (SSSR count). The van der Waals surface area contributed by atoms with Gasteiger partial charge in [-0.3, -0.25) is 0 Å². The van der Waals surface area contributed by atoms with Gasteiger partial charge in [0.05, 0.1) is 0 Å². The van der Waals surface area contributed by atoms with E-state index in [1.165, 1.54) is 27.5 Å². The molecule has 0 spiro atoms. The minimum absolute atomic E-state index is 1.15. The zero-order chi connectivity index (χ0) is 20.3. The molecule has 0 aromatic heterocycles. The first-order valence-electron chi connectivity index (χ1n) is 10.3. The van der Waals surface area contributed by atoms with Gasteiger partial charge in [-0.25, -0.2) is 0 Å². The van der Waals surface area contributed by atoms with Crippen molar-refractivity contribution in [2.45, 2.75) is 6.92 Å². The third-order valence-electron chi connectivity index (χ3n) is 5.49. The molecule has 0 bridgehead atoms. The zero-order valence-corrected chi connectivity index (χ0v) is 17.0. The Kier molecular flexibility index (Phi) is 4.78. The molecule has 0 N–H and O–H groups in total. The number of fused-ring (bicyclic) bond motifs is 1. The van der Waals surface area contributed by atoms with Crippen LogP contribution in [-0.4, -0.2) is 0 Å². The molecule has 0 saturated heterocycles. The van der Waals surface area contributed by atoms with Gasteiger partial charge >= 0.3 is 0 Å². The number of anilines is 3. The van der Waals surface area contributed by atoms with E-state index in [0.717, 1.165) is 17.1 Å². The summed E-state index contributed by atoms with van der Waals surface area (Å²) in [6.45, 7) is 2.13. The number of hydrogen-bond acceptors (Lipinski definition) is 1. The molecule has 0 aliphatic rings. The molecule has 144 valence electrons. The van der Waals surface area contributed by atoms with Crippen molar-refractivity contribution in [3.63, 3.8) is 0 Å². The SMILES string of the molecule is Cc1ccc(N(c2cccc(-c3ccccc3)c2)c2ccc3ccccc3c2)cc1. The predicted octanol–water partition coefficient (Wildman–Crippen LogP) is 8.29. The second-order valence-corrected chi connectivity index (χ2v) is 7.62. The standard InChI is InChI=1S/C29H23N/c1-22-14-17-27(18-15-22)30(29-19-16-24-10-5-6-11-25(24)21-29)28-13-7-12-26(20-28)23-8-3-2-4-9-23/h2-21H,1H3. The fraction of sp³-hybridized carbons (Fsp3) is 0.0345. The van der Waals surface area contributed by atoms with Crippen molar-refractivity contribution < 1.29 is 0 Å². The van der Waals surface area contributed by atoms with Crippen LogP contribution in [0.25, 0.3) is 21.9 Å². The first-order chi connectivity index (χ1) is 14.8. The van der Waals surface area contributed by atoms with Gasteiger partial charge in [0, 0.05) is 17.1 Å². The Morgan fingerprint density at radius 2 is 1.07 bits per heavy atom. The van der Waals surface area contributed by atoms with E-state index in [9.17, 15) is 0 Å². The van der Waals surface area contributed by atoms with Crippen LogP contribution < -0.4 is 4.90 Å². The number of rotatable bonds is 4. The minimum Gasteiger partial charge on any atom is -0.310 e. The van der Waals surface area contributed by atoms with Gasteiger partial charge < -0.3 is 4.90 Å². The zero-order valence-electron chi connectivity index (χ0n) is 17.0. The van der Waals surface area contributed by atoms with E-state index in [4.69, 9.17) is 0 Å². The Balaban J connectivity index is 1.67. The molecule has 5 aromatic carbocycles. The molecule has 0 amide bonds. The molecule has 0 radical (unpaired) electrons. The van der Waals surface area contributed by atoms with Gasteiger partial charge in [0.2, 0.25) is 0 Å². The van der Waals surface area contributed by atoms with Gasteiger partial charge in [-0.2, -0.15) is 0 Å². The van der Waals surface area contributed by atoms with Gasteiger partial charge in [-0.15, -0.1) is 0 Å². The lowest BCUT2D eigenvalue weighted by Gasteiger charge is -2.26. The molecule has 0 unspecified atom stereocenters. The Labute approximate surface area is 177 Å². The summed E-state index contributed by atoms with van der Waals surface area (Å²) in [6.07, 6.45) is 0. The van der Waals surface area contributed by atoms with Crippen LogP contribution in [0.3, 0.4) is 0 Å². The van der Waals surface area contributed by atoms with Crippen LogP contribution in [0.1, 0.15) is 5.56 Å². The van der Waals surface area contributed by atoms with Gasteiger partial charge in [0.15, 0.2) is 0 Å². The van der Waals surface area contributed by atoms with Gasteiger partial charge in [0.25, 0.3) is 0 Å². The first kappa shape index (κ1) is 18.2. The average Bonchev–Trinajstić information content (AvgIpc) is 2.81. The Hall–Kier alpha value is -3.84. The summed E-state index contributed by atoms with van der Waals surface area (Å²) < 4.78 is 0. The largest absolute Gasteiger partial charge is 0.310 e. The highest BCUT2D eigenvalue weighted by atomic mass is 15.1. The quantitative estimate of drug-likeness (QED) is 0.301.